The zero-order valence-electron chi connectivity index (χ0n) is 16.8. The van der Waals surface area contributed by atoms with Gasteiger partial charge in [-0.1, -0.05) is 5.16 Å². The Balaban J connectivity index is 0.000000590. The topological polar surface area (TPSA) is 141 Å². The molecule has 0 heterocycles. The minimum Gasteiger partial charge on any atom is -0.497 e. The first-order chi connectivity index (χ1) is 14.5. The number of Topliss-reactive ketones (excluding diaryl/α,β-unsaturated/α-hetero) is 1. The fourth-order valence-corrected chi connectivity index (χ4v) is 2.04. The number of ether oxygens (including phenoxy) is 4. The summed E-state index contributed by atoms with van der Waals surface area (Å²) in [5, 5.41) is 9.85. The molecule has 0 saturated heterocycles. The van der Waals surface area contributed by atoms with E-state index in [2.05, 4.69) is 5.16 Å². The quantitative estimate of drug-likeness (QED) is 0.0937. The summed E-state index contributed by atoms with van der Waals surface area (Å²) in [4.78, 5) is 10.7. The largest absolute Gasteiger partial charge is 0.497 e. The highest BCUT2D eigenvalue weighted by molar-refractivity contribution is 8.01. The third-order valence-electron chi connectivity index (χ3n) is 3.19. The molecular weight excluding hydrogens is 451 g/mol. The Kier molecular flexibility index (Phi) is 13.6. The summed E-state index contributed by atoms with van der Waals surface area (Å²) in [6, 6.07) is 4.77. The SMILES string of the molecule is CCOCCOCCOCC(=NO)S(=O)(=O)O.COc1ccc(C(=O)C(F)(F)F)cc1. The number of carbonyl (C=O) groups is 1. The van der Waals surface area contributed by atoms with E-state index in [0.717, 1.165) is 12.1 Å². The third-order valence-corrected chi connectivity index (χ3v) is 3.99. The van der Waals surface area contributed by atoms with Crippen LogP contribution in [0.5, 0.6) is 5.75 Å². The van der Waals surface area contributed by atoms with Gasteiger partial charge in [-0.2, -0.15) is 21.6 Å². The maximum Gasteiger partial charge on any atom is 0.454 e. The molecule has 0 radical (unpaired) electrons. The van der Waals surface area contributed by atoms with Crippen molar-refractivity contribution in [1.29, 1.82) is 0 Å². The zero-order chi connectivity index (χ0) is 23.9. The summed E-state index contributed by atoms with van der Waals surface area (Å²) >= 11 is 0. The second-order valence-corrected chi connectivity index (χ2v) is 6.81. The van der Waals surface area contributed by atoms with Crippen LogP contribution in [0.2, 0.25) is 0 Å². The maximum absolute atomic E-state index is 11.9. The number of benzene rings is 1. The standard InChI is InChI=1S/C9H7F3O2.C8H17NO7S/c1-14-7-4-2-6(3-5-7)8(13)9(10,11)12;1-2-14-3-4-15-5-6-16-7-8(9-10)17(11,12)13/h2-5H,1H3;10H,2-7H2,1H3,(H,11,12,13). The van der Waals surface area contributed by atoms with Gasteiger partial charge in [0.05, 0.1) is 33.5 Å². The van der Waals surface area contributed by atoms with Crippen molar-refractivity contribution in [1.82, 2.24) is 0 Å². The molecule has 0 spiro atoms. The molecule has 10 nitrogen and oxygen atoms in total. The van der Waals surface area contributed by atoms with E-state index in [0.29, 0.717) is 25.6 Å². The van der Waals surface area contributed by atoms with Crippen LogP contribution in [-0.2, 0) is 24.3 Å². The van der Waals surface area contributed by atoms with E-state index < -0.39 is 39.3 Å². The second kappa shape index (κ2) is 14.7. The van der Waals surface area contributed by atoms with Gasteiger partial charge in [-0.3, -0.25) is 9.35 Å². The molecule has 0 aliphatic carbocycles. The first-order valence-electron chi connectivity index (χ1n) is 8.64. The van der Waals surface area contributed by atoms with E-state index in [1.807, 2.05) is 6.92 Å². The van der Waals surface area contributed by atoms with Gasteiger partial charge < -0.3 is 24.2 Å². The van der Waals surface area contributed by atoms with E-state index in [1.54, 1.807) is 0 Å². The Morgan fingerprint density at radius 2 is 1.55 bits per heavy atom. The van der Waals surface area contributed by atoms with Crippen LogP contribution >= 0.6 is 0 Å². The van der Waals surface area contributed by atoms with Gasteiger partial charge in [-0.15, -0.1) is 0 Å². The number of ketones is 1. The summed E-state index contributed by atoms with van der Waals surface area (Å²) < 4.78 is 85.1. The lowest BCUT2D eigenvalue weighted by atomic mass is 10.1. The van der Waals surface area contributed by atoms with Gasteiger partial charge in [0, 0.05) is 12.2 Å². The van der Waals surface area contributed by atoms with Crippen molar-refractivity contribution in [3.8, 4) is 5.75 Å². The number of methoxy groups -OCH3 is 1. The van der Waals surface area contributed by atoms with Crippen molar-refractivity contribution < 1.29 is 55.1 Å². The molecule has 0 fully saturated rings. The van der Waals surface area contributed by atoms with Crippen molar-refractivity contribution in [3.63, 3.8) is 0 Å². The monoisotopic (exact) mass is 475 g/mol. The van der Waals surface area contributed by atoms with Crippen LogP contribution in [0.1, 0.15) is 17.3 Å². The molecular formula is C17H24F3NO9S. The Labute approximate surface area is 177 Å². The van der Waals surface area contributed by atoms with E-state index in [-0.39, 0.29) is 13.2 Å². The number of hydrogen-bond acceptors (Lipinski definition) is 9. The zero-order valence-corrected chi connectivity index (χ0v) is 17.6. The van der Waals surface area contributed by atoms with Crippen LogP contribution in [0.4, 0.5) is 13.2 Å². The average Bonchev–Trinajstić information content (AvgIpc) is 2.71. The molecule has 14 heteroatoms. The summed E-state index contributed by atoms with van der Waals surface area (Å²) in [6.45, 7) is 3.22. The highest BCUT2D eigenvalue weighted by Crippen LogP contribution is 2.22. The Hall–Kier alpha value is -2.26. The van der Waals surface area contributed by atoms with Gasteiger partial charge in [0.25, 0.3) is 5.78 Å². The number of alkyl halides is 3. The predicted molar refractivity (Wildman–Crippen MR) is 102 cm³/mol. The molecule has 0 saturated carbocycles. The minimum absolute atomic E-state index is 0.112. The highest BCUT2D eigenvalue weighted by atomic mass is 32.2. The molecule has 31 heavy (non-hydrogen) atoms. The lowest BCUT2D eigenvalue weighted by molar-refractivity contribution is -0.0885. The number of oxime groups is 1. The molecule has 0 amide bonds. The molecule has 1 aromatic carbocycles. The van der Waals surface area contributed by atoms with Gasteiger partial charge in [-0.05, 0) is 31.2 Å². The maximum atomic E-state index is 11.9. The summed E-state index contributed by atoms with van der Waals surface area (Å²) in [7, 11) is -3.12. The van der Waals surface area contributed by atoms with Crippen molar-refractivity contribution in [2.45, 2.75) is 13.1 Å². The number of nitrogens with zero attached hydrogens (tertiary/aromatic N) is 1. The van der Waals surface area contributed by atoms with Crippen LogP contribution in [0.25, 0.3) is 0 Å². The van der Waals surface area contributed by atoms with Crippen molar-refractivity contribution in [2.24, 2.45) is 5.16 Å². The van der Waals surface area contributed by atoms with E-state index >= 15 is 0 Å². The van der Waals surface area contributed by atoms with Crippen LogP contribution in [0.3, 0.4) is 0 Å². The van der Waals surface area contributed by atoms with Gasteiger partial charge in [0.2, 0.25) is 5.04 Å². The lowest BCUT2D eigenvalue weighted by Gasteiger charge is -2.05. The van der Waals surface area contributed by atoms with Crippen molar-refractivity contribution >= 4 is 20.9 Å². The lowest BCUT2D eigenvalue weighted by Crippen LogP contribution is -2.22. The van der Waals surface area contributed by atoms with Gasteiger partial charge >= 0.3 is 16.3 Å². The van der Waals surface area contributed by atoms with Crippen LogP contribution in [-0.4, -0.2) is 81.9 Å². The molecule has 0 unspecified atom stereocenters. The average molecular weight is 475 g/mol. The number of rotatable bonds is 11. The molecule has 0 aromatic heterocycles. The number of hydrogen-bond donors (Lipinski definition) is 2. The van der Waals surface area contributed by atoms with E-state index in [9.17, 15) is 26.4 Å². The minimum atomic E-state index is -4.82. The molecule has 0 aliphatic heterocycles. The van der Waals surface area contributed by atoms with Gasteiger partial charge in [0.1, 0.15) is 12.4 Å². The molecule has 1 rings (SSSR count). The predicted octanol–water partition coefficient (Wildman–Crippen LogP) is 2.17. The van der Waals surface area contributed by atoms with Crippen molar-refractivity contribution in [2.75, 3.05) is 46.8 Å². The first kappa shape index (κ1) is 28.7. The van der Waals surface area contributed by atoms with Crippen LogP contribution in [0, 0.1) is 0 Å². The Morgan fingerprint density at radius 3 is 1.97 bits per heavy atom. The van der Waals surface area contributed by atoms with E-state index in [1.165, 1.54) is 19.2 Å². The molecule has 1 aromatic rings. The fraction of sp³-hybridized carbons (Fsp3) is 0.529. The normalized spacial score (nSPS) is 12.1. The fourth-order valence-electron chi connectivity index (χ4n) is 1.70. The smallest absolute Gasteiger partial charge is 0.454 e. The van der Waals surface area contributed by atoms with Crippen LogP contribution in [0.15, 0.2) is 29.4 Å². The summed E-state index contributed by atoms with van der Waals surface area (Å²) in [5.41, 5.74) is -0.390. The summed E-state index contributed by atoms with van der Waals surface area (Å²) in [6.07, 6.45) is -4.82. The van der Waals surface area contributed by atoms with Gasteiger partial charge in [-0.25, -0.2) is 0 Å². The van der Waals surface area contributed by atoms with E-state index in [4.69, 9.17) is 28.7 Å². The molecule has 178 valence electrons. The highest BCUT2D eigenvalue weighted by Gasteiger charge is 2.39. The van der Waals surface area contributed by atoms with Gasteiger partial charge in [0.15, 0.2) is 0 Å². The molecule has 0 bridgehead atoms. The third kappa shape index (κ3) is 12.9. The summed E-state index contributed by atoms with van der Waals surface area (Å²) in [5.74, 6) is -1.44. The second-order valence-electron chi connectivity index (χ2n) is 5.39. The Morgan fingerprint density at radius 1 is 1.03 bits per heavy atom. The van der Waals surface area contributed by atoms with Crippen LogP contribution < -0.4 is 4.74 Å². The molecule has 2 N–H and O–H groups in total. The number of carbonyl (C=O) groups excluding carboxylic acids is 1. The first-order valence-corrected chi connectivity index (χ1v) is 10.1. The number of halogens is 3. The molecule has 0 aliphatic rings. The molecule has 0 atom stereocenters. The Bertz CT molecular complexity index is 781. The van der Waals surface area contributed by atoms with Crippen molar-refractivity contribution in [3.05, 3.63) is 29.8 Å².